The fraction of sp³-hybridized carbons (Fsp3) is 0.267. The van der Waals surface area contributed by atoms with Crippen LogP contribution in [0.5, 0.6) is 0 Å². The molecule has 3 nitrogen and oxygen atoms in total. The molecular weight excluding hydrogens is 292 g/mol. The second-order valence-electron chi connectivity index (χ2n) is 4.94. The zero-order valence-electron chi connectivity index (χ0n) is 11.1. The maximum absolute atomic E-state index is 12.1. The van der Waals surface area contributed by atoms with E-state index < -0.39 is 0 Å². The molecule has 1 aliphatic rings. The first kappa shape index (κ1) is 13.6. The number of carbonyl (C=O) groups excluding carboxylic acids is 1. The molecule has 1 aromatic carbocycles. The van der Waals surface area contributed by atoms with Gasteiger partial charge in [0.2, 0.25) is 5.91 Å². The highest BCUT2D eigenvalue weighted by molar-refractivity contribution is 7.08. The van der Waals surface area contributed by atoms with Gasteiger partial charge in [0.1, 0.15) is 6.17 Å². The van der Waals surface area contributed by atoms with Gasteiger partial charge < -0.3 is 4.90 Å². The average molecular weight is 307 g/mol. The fourth-order valence-corrected chi connectivity index (χ4v) is 3.47. The highest BCUT2D eigenvalue weighted by Gasteiger charge is 2.31. The van der Waals surface area contributed by atoms with Crippen LogP contribution in [0.1, 0.15) is 22.9 Å². The van der Waals surface area contributed by atoms with Crippen molar-refractivity contribution in [3.8, 4) is 0 Å². The number of aryl methyl sites for hydroxylation is 1. The number of hydrogen-bond donors (Lipinski definition) is 1. The summed E-state index contributed by atoms with van der Waals surface area (Å²) in [5.41, 5.74) is 3.47. The number of rotatable bonds is 3. The minimum absolute atomic E-state index is 0.0968. The molecule has 1 N–H and O–H groups in total. The SMILES string of the molecule is Cc1cscc1CN1C(=O)CNC1c1cccc(Cl)c1. The van der Waals surface area contributed by atoms with Crippen molar-refractivity contribution in [1.29, 1.82) is 0 Å². The lowest BCUT2D eigenvalue weighted by atomic mass is 10.1. The lowest BCUT2D eigenvalue weighted by Crippen LogP contribution is -2.29. The Morgan fingerprint density at radius 1 is 1.45 bits per heavy atom. The molecule has 1 aliphatic heterocycles. The summed E-state index contributed by atoms with van der Waals surface area (Å²) >= 11 is 7.72. The van der Waals surface area contributed by atoms with Crippen molar-refractivity contribution in [2.24, 2.45) is 0 Å². The lowest BCUT2D eigenvalue weighted by molar-refractivity contribution is -0.128. The van der Waals surface area contributed by atoms with E-state index >= 15 is 0 Å². The standard InChI is InChI=1S/C15H15ClN2OS/c1-10-8-20-9-12(10)7-18-14(19)6-17-15(18)11-3-2-4-13(16)5-11/h2-5,8-9,15,17H,6-7H2,1H3. The molecule has 0 spiro atoms. The third-order valence-electron chi connectivity index (χ3n) is 3.55. The van der Waals surface area contributed by atoms with Gasteiger partial charge in [-0.2, -0.15) is 11.3 Å². The van der Waals surface area contributed by atoms with E-state index in [4.69, 9.17) is 11.6 Å². The molecule has 5 heteroatoms. The molecule has 1 atom stereocenters. The van der Waals surface area contributed by atoms with Gasteiger partial charge in [0.15, 0.2) is 0 Å². The molecule has 3 rings (SSSR count). The second-order valence-corrected chi connectivity index (χ2v) is 6.12. The lowest BCUT2D eigenvalue weighted by Gasteiger charge is -2.25. The van der Waals surface area contributed by atoms with Gasteiger partial charge in [-0.25, -0.2) is 0 Å². The number of thiophene rings is 1. The number of hydrogen-bond acceptors (Lipinski definition) is 3. The third kappa shape index (κ3) is 2.59. The van der Waals surface area contributed by atoms with E-state index in [0.717, 1.165) is 5.56 Å². The fourth-order valence-electron chi connectivity index (χ4n) is 2.43. The van der Waals surface area contributed by atoms with E-state index in [0.29, 0.717) is 18.1 Å². The van der Waals surface area contributed by atoms with Crippen LogP contribution in [0, 0.1) is 6.92 Å². The van der Waals surface area contributed by atoms with Crippen molar-refractivity contribution < 1.29 is 4.79 Å². The minimum atomic E-state index is -0.0968. The molecule has 1 fully saturated rings. The molecule has 20 heavy (non-hydrogen) atoms. The van der Waals surface area contributed by atoms with Crippen LogP contribution in [-0.4, -0.2) is 17.4 Å². The van der Waals surface area contributed by atoms with Crippen molar-refractivity contribution in [2.75, 3.05) is 6.54 Å². The van der Waals surface area contributed by atoms with Crippen LogP contribution >= 0.6 is 22.9 Å². The maximum Gasteiger partial charge on any atom is 0.238 e. The molecule has 0 aliphatic carbocycles. The number of benzene rings is 1. The van der Waals surface area contributed by atoms with Crippen molar-refractivity contribution in [3.63, 3.8) is 0 Å². The molecule has 1 unspecified atom stereocenters. The number of nitrogens with one attached hydrogen (secondary N) is 1. The van der Waals surface area contributed by atoms with Gasteiger partial charge in [0.05, 0.1) is 6.54 Å². The zero-order valence-corrected chi connectivity index (χ0v) is 12.7. The quantitative estimate of drug-likeness (QED) is 0.943. The van der Waals surface area contributed by atoms with Gasteiger partial charge in [0.25, 0.3) is 0 Å². The molecule has 104 valence electrons. The van der Waals surface area contributed by atoms with E-state index in [1.54, 1.807) is 11.3 Å². The van der Waals surface area contributed by atoms with E-state index in [1.807, 2.05) is 29.2 Å². The summed E-state index contributed by atoms with van der Waals surface area (Å²) in [6.07, 6.45) is -0.0968. The van der Waals surface area contributed by atoms with E-state index in [1.165, 1.54) is 11.1 Å². The first-order chi connectivity index (χ1) is 9.65. The van der Waals surface area contributed by atoms with E-state index in [9.17, 15) is 4.79 Å². The highest BCUT2D eigenvalue weighted by Crippen LogP contribution is 2.27. The van der Waals surface area contributed by atoms with Gasteiger partial charge >= 0.3 is 0 Å². The normalized spacial score (nSPS) is 18.8. The monoisotopic (exact) mass is 306 g/mol. The molecule has 2 heterocycles. The van der Waals surface area contributed by atoms with Crippen molar-refractivity contribution in [1.82, 2.24) is 10.2 Å². The molecule has 0 saturated carbocycles. The van der Waals surface area contributed by atoms with Gasteiger partial charge in [-0.3, -0.25) is 10.1 Å². The Bertz CT molecular complexity index is 640. The summed E-state index contributed by atoms with van der Waals surface area (Å²) in [6, 6.07) is 7.66. The van der Waals surface area contributed by atoms with Gasteiger partial charge in [0, 0.05) is 11.6 Å². The van der Waals surface area contributed by atoms with Crippen molar-refractivity contribution in [3.05, 3.63) is 56.7 Å². The van der Waals surface area contributed by atoms with E-state index in [-0.39, 0.29) is 12.1 Å². The minimum Gasteiger partial charge on any atom is -0.317 e. The topological polar surface area (TPSA) is 32.3 Å². The number of carbonyl (C=O) groups is 1. The molecule has 1 amide bonds. The highest BCUT2D eigenvalue weighted by atomic mass is 35.5. The first-order valence-corrected chi connectivity index (χ1v) is 7.77. The third-order valence-corrected chi connectivity index (χ3v) is 4.69. The van der Waals surface area contributed by atoms with Crippen LogP contribution in [-0.2, 0) is 11.3 Å². The molecule has 0 bridgehead atoms. The second kappa shape index (κ2) is 5.56. The van der Waals surface area contributed by atoms with Gasteiger partial charge in [-0.1, -0.05) is 23.7 Å². The molecular formula is C15H15ClN2OS. The van der Waals surface area contributed by atoms with Gasteiger partial charge in [-0.05, 0) is 46.5 Å². The van der Waals surface area contributed by atoms with Crippen LogP contribution < -0.4 is 5.32 Å². The summed E-state index contributed by atoms with van der Waals surface area (Å²) in [5.74, 6) is 0.126. The number of halogens is 1. The zero-order chi connectivity index (χ0) is 14.1. The summed E-state index contributed by atoms with van der Waals surface area (Å²) in [4.78, 5) is 14.0. The van der Waals surface area contributed by atoms with Crippen LogP contribution in [0.3, 0.4) is 0 Å². The smallest absolute Gasteiger partial charge is 0.238 e. The summed E-state index contributed by atoms with van der Waals surface area (Å²) < 4.78 is 0. The molecule has 0 radical (unpaired) electrons. The van der Waals surface area contributed by atoms with Crippen LogP contribution in [0.25, 0.3) is 0 Å². The van der Waals surface area contributed by atoms with Gasteiger partial charge in [-0.15, -0.1) is 0 Å². The first-order valence-electron chi connectivity index (χ1n) is 6.45. The summed E-state index contributed by atoms with van der Waals surface area (Å²) in [7, 11) is 0. The number of amides is 1. The Balaban J connectivity index is 1.87. The Labute approximate surface area is 127 Å². The van der Waals surface area contributed by atoms with E-state index in [2.05, 4.69) is 23.0 Å². The summed E-state index contributed by atoms with van der Waals surface area (Å²) in [5, 5.41) is 8.16. The predicted octanol–water partition coefficient (Wildman–Crippen LogP) is 3.34. The molecule has 1 saturated heterocycles. The Hall–Kier alpha value is -1.36. The van der Waals surface area contributed by atoms with Crippen LogP contribution in [0.15, 0.2) is 35.0 Å². The van der Waals surface area contributed by atoms with Crippen LogP contribution in [0.2, 0.25) is 5.02 Å². The largest absolute Gasteiger partial charge is 0.317 e. The Kier molecular flexibility index (Phi) is 3.78. The number of nitrogens with zero attached hydrogens (tertiary/aromatic N) is 1. The van der Waals surface area contributed by atoms with Crippen molar-refractivity contribution in [2.45, 2.75) is 19.6 Å². The Morgan fingerprint density at radius 2 is 2.30 bits per heavy atom. The average Bonchev–Trinajstić information content (AvgIpc) is 2.98. The van der Waals surface area contributed by atoms with Crippen molar-refractivity contribution >= 4 is 28.8 Å². The maximum atomic E-state index is 12.1. The predicted molar refractivity (Wildman–Crippen MR) is 81.8 cm³/mol. The summed E-state index contributed by atoms with van der Waals surface area (Å²) in [6.45, 7) is 3.09. The Morgan fingerprint density at radius 3 is 3.00 bits per heavy atom. The molecule has 1 aromatic heterocycles. The molecule has 2 aromatic rings. The van der Waals surface area contributed by atoms with Crippen LogP contribution in [0.4, 0.5) is 0 Å².